The molecule has 208 valence electrons. The van der Waals surface area contributed by atoms with E-state index in [0.717, 1.165) is 57.4 Å². The highest BCUT2D eigenvalue weighted by Crippen LogP contribution is 2.34. The van der Waals surface area contributed by atoms with Crippen molar-refractivity contribution in [1.82, 2.24) is 39.9 Å². The first-order valence-corrected chi connectivity index (χ1v) is 13.3. The number of aromatic nitrogens is 6. The lowest BCUT2D eigenvalue weighted by Crippen LogP contribution is -2.19. The molecule has 6 rings (SSSR count). The molecule has 10 heteroatoms. The Hall–Kier alpha value is -4.67. The highest BCUT2D eigenvalue weighted by Gasteiger charge is 2.17. The summed E-state index contributed by atoms with van der Waals surface area (Å²) in [4.78, 5) is 21.5. The number of hydrogen-bond donors (Lipinski definition) is 2. The van der Waals surface area contributed by atoms with Gasteiger partial charge in [-0.2, -0.15) is 5.10 Å². The van der Waals surface area contributed by atoms with Gasteiger partial charge in [-0.15, -0.1) is 0 Å². The number of pyridine rings is 2. The molecule has 0 aliphatic rings. The first kappa shape index (κ1) is 26.5. The molecule has 4 aromatic heterocycles. The van der Waals surface area contributed by atoms with E-state index in [1.54, 1.807) is 6.20 Å². The highest BCUT2D eigenvalue weighted by molar-refractivity contribution is 5.97. The monoisotopic (exact) mass is 550 g/mol. The first-order chi connectivity index (χ1) is 19.8. The average molecular weight is 551 g/mol. The number of H-pyrrole nitrogens is 2. The van der Waals surface area contributed by atoms with Crippen LogP contribution in [0.1, 0.15) is 5.56 Å². The fourth-order valence-electron chi connectivity index (χ4n) is 4.86. The van der Waals surface area contributed by atoms with Crippen LogP contribution in [-0.2, 0) is 6.54 Å². The lowest BCUT2D eigenvalue weighted by atomic mass is 10.0. The molecular weight excluding hydrogens is 519 g/mol. The predicted octanol–water partition coefficient (Wildman–Crippen LogP) is 5.37. The molecule has 0 aliphatic carbocycles. The standard InChI is InChI=1S/C31H31FN8O/c1-39(2)8-9-41-23-12-20(11-22(32)13-23)24-6-5-7-26-29(24)36-31(35-26)30-25-14-27(34-17-28(25)37-38-30)21-10-19(15-33-16-21)18-40(3)4/h5-7,10-17H,8-9,18H2,1-4H3,(H,35,36)(H,37,38). The van der Waals surface area contributed by atoms with E-state index in [1.165, 1.54) is 12.1 Å². The predicted molar refractivity (Wildman–Crippen MR) is 159 cm³/mol. The van der Waals surface area contributed by atoms with Gasteiger partial charge in [0.15, 0.2) is 5.82 Å². The molecule has 0 saturated heterocycles. The largest absolute Gasteiger partial charge is 0.492 e. The van der Waals surface area contributed by atoms with Gasteiger partial charge in [-0.25, -0.2) is 9.37 Å². The maximum Gasteiger partial charge on any atom is 0.159 e. The van der Waals surface area contributed by atoms with Crippen LogP contribution in [0.5, 0.6) is 5.75 Å². The van der Waals surface area contributed by atoms with Crippen molar-refractivity contribution in [3.8, 4) is 39.7 Å². The molecule has 2 N–H and O–H groups in total. The van der Waals surface area contributed by atoms with Gasteiger partial charge < -0.3 is 19.5 Å². The van der Waals surface area contributed by atoms with Gasteiger partial charge in [-0.3, -0.25) is 15.1 Å². The zero-order valence-corrected chi connectivity index (χ0v) is 23.4. The summed E-state index contributed by atoms with van der Waals surface area (Å²) in [5.74, 6) is 0.726. The zero-order valence-electron chi connectivity index (χ0n) is 23.4. The fraction of sp³-hybridized carbons (Fsp3) is 0.226. The van der Waals surface area contributed by atoms with Crippen molar-refractivity contribution in [3.63, 3.8) is 0 Å². The van der Waals surface area contributed by atoms with E-state index >= 15 is 0 Å². The normalized spacial score (nSPS) is 11.8. The number of ether oxygens (including phenoxy) is 1. The first-order valence-electron chi connectivity index (χ1n) is 13.3. The lowest BCUT2D eigenvalue weighted by molar-refractivity contribution is 0.260. The Balaban J connectivity index is 1.37. The fourth-order valence-corrected chi connectivity index (χ4v) is 4.86. The Labute approximate surface area is 237 Å². The number of halogens is 1. The number of likely N-dealkylation sites (N-methyl/N-ethyl adjacent to an activating group) is 1. The van der Waals surface area contributed by atoms with Gasteiger partial charge in [-0.1, -0.05) is 12.1 Å². The molecule has 6 aromatic rings. The zero-order chi connectivity index (χ0) is 28.5. The molecule has 0 unspecified atom stereocenters. The molecule has 0 radical (unpaired) electrons. The van der Waals surface area contributed by atoms with E-state index in [-0.39, 0.29) is 5.82 Å². The molecule has 0 atom stereocenters. The topological polar surface area (TPSA) is 98.8 Å². The number of imidazole rings is 1. The maximum atomic E-state index is 14.6. The minimum absolute atomic E-state index is 0.363. The Kier molecular flexibility index (Phi) is 7.17. The van der Waals surface area contributed by atoms with Crippen molar-refractivity contribution in [1.29, 1.82) is 0 Å². The van der Waals surface area contributed by atoms with Crippen LogP contribution in [-0.4, -0.2) is 81.3 Å². The molecule has 0 fully saturated rings. The van der Waals surface area contributed by atoms with Crippen LogP contribution >= 0.6 is 0 Å². The third kappa shape index (κ3) is 5.65. The van der Waals surface area contributed by atoms with Crippen molar-refractivity contribution in [2.75, 3.05) is 41.3 Å². The van der Waals surface area contributed by atoms with E-state index < -0.39 is 0 Å². The second-order valence-corrected chi connectivity index (χ2v) is 10.6. The third-order valence-electron chi connectivity index (χ3n) is 6.76. The Morgan fingerprint density at radius 3 is 2.61 bits per heavy atom. The second kappa shape index (κ2) is 11.1. The number of benzene rings is 2. The summed E-state index contributed by atoms with van der Waals surface area (Å²) < 4.78 is 20.4. The van der Waals surface area contributed by atoms with Crippen LogP contribution in [0, 0.1) is 5.82 Å². The van der Waals surface area contributed by atoms with Gasteiger partial charge in [0.1, 0.15) is 23.9 Å². The molecule has 0 spiro atoms. The third-order valence-corrected chi connectivity index (χ3v) is 6.76. The summed E-state index contributed by atoms with van der Waals surface area (Å²) in [5, 5.41) is 8.52. The maximum absolute atomic E-state index is 14.6. The number of para-hydroxylation sites is 1. The van der Waals surface area contributed by atoms with Crippen molar-refractivity contribution in [2.45, 2.75) is 6.54 Å². The number of rotatable bonds is 9. The van der Waals surface area contributed by atoms with E-state index in [1.807, 2.05) is 75.8 Å². The van der Waals surface area contributed by atoms with Crippen molar-refractivity contribution >= 4 is 21.9 Å². The van der Waals surface area contributed by atoms with Crippen molar-refractivity contribution in [2.24, 2.45) is 0 Å². The highest BCUT2D eigenvalue weighted by atomic mass is 19.1. The van der Waals surface area contributed by atoms with Gasteiger partial charge in [0, 0.05) is 48.1 Å². The van der Waals surface area contributed by atoms with Crippen molar-refractivity contribution < 1.29 is 9.13 Å². The van der Waals surface area contributed by atoms with Gasteiger partial charge in [-0.05, 0) is 69.6 Å². The van der Waals surface area contributed by atoms with Crippen LogP contribution in [0.2, 0.25) is 0 Å². The second-order valence-electron chi connectivity index (χ2n) is 10.6. The molecule has 0 saturated carbocycles. The SMILES string of the molecule is CN(C)CCOc1cc(F)cc(-c2cccc3[nH]c(-c4n[nH]c5cnc(-c6cncc(CN(C)C)c6)cc45)nc23)c1. The van der Waals surface area contributed by atoms with E-state index in [2.05, 4.69) is 36.1 Å². The van der Waals surface area contributed by atoms with Crippen LogP contribution in [0.4, 0.5) is 4.39 Å². The molecular formula is C31H31FN8O. The van der Waals surface area contributed by atoms with Crippen LogP contribution in [0.15, 0.2) is 67.1 Å². The summed E-state index contributed by atoms with van der Waals surface area (Å²) in [5.41, 5.74) is 7.34. The minimum Gasteiger partial charge on any atom is -0.492 e. The number of nitrogens with zero attached hydrogens (tertiary/aromatic N) is 6. The Bertz CT molecular complexity index is 1840. The molecule has 0 amide bonds. The number of fused-ring (bicyclic) bond motifs is 2. The smallest absolute Gasteiger partial charge is 0.159 e. The van der Waals surface area contributed by atoms with Gasteiger partial charge in [0.2, 0.25) is 0 Å². The number of aromatic amines is 2. The Morgan fingerprint density at radius 1 is 0.902 bits per heavy atom. The molecule has 9 nitrogen and oxygen atoms in total. The molecule has 41 heavy (non-hydrogen) atoms. The minimum atomic E-state index is -0.363. The van der Waals surface area contributed by atoms with Crippen LogP contribution in [0.3, 0.4) is 0 Å². The average Bonchev–Trinajstić information content (AvgIpc) is 3.56. The van der Waals surface area contributed by atoms with Crippen LogP contribution in [0.25, 0.3) is 55.8 Å². The number of nitrogens with one attached hydrogen (secondary N) is 2. The summed E-state index contributed by atoms with van der Waals surface area (Å²) in [6, 6.07) is 14.7. The quantitative estimate of drug-likeness (QED) is 0.250. The molecule has 0 bridgehead atoms. The summed E-state index contributed by atoms with van der Waals surface area (Å²) in [6.07, 6.45) is 5.46. The number of hydrogen-bond acceptors (Lipinski definition) is 7. The van der Waals surface area contributed by atoms with E-state index in [0.29, 0.717) is 29.4 Å². The van der Waals surface area contributed by atoms with E-state index in [9.17, 15) is 4.39 Å². The van der Waals surface area contributed by atoms with Gasteiger partial charge >= 0.3 is 0 Å². The summed E-state index contributed by atoms with van der Waals surface area (Å²) in [7, 11) is 8.00. The van der Waals surface area contributed by atoms with E-state index in [4.69, 9.17) is 9.72 Å². The van der Waals surface area contributed by atoms with Crippen LogP contribution < -0.4 is 4.74 Å². The lowest BCUT2D eigenvalue weighted by Gasteiger charge is -2.12. The van der Waals surface area contributed by atoms with Gasteiger partial charge in [0.25, 0.3) is 0 Å². The van der Waals surface area contributed by atoms with Gasteiger partial charge in [0.05, 0.1) is 28.4 Å². The molecule has 2 aromatic carbocycles. The summed E-state index contributed by atoms with van der Waals surface area (Å²) >= 11 is 0. The molecule has 4 heterocycles. The van der Waals surface area contributed by atoms with Crippen molar-refractivity contribution in [3.05, 3.63) is 78.5 Å². The Morgan fingerprint density at radius 2 is 1.78 bits per heavy atom. The summed E-state index contributed by atoms with van der Waals surface area (Å²) in [6.45, 7) is 1.99. The molecule has 0 aliphatic heterocycles.